The quantitative estimate of drug-likeness (QED) is 0.268. The lowest BCUT2D eigenvalue weighted by molar-refractivity contribution is -0.343. The van der Waals surface area contributed by atoms with Crippen molar-refractivity contribution in [3.05, 3.63) is 0 Å². The van der Waals surface area contributed by atoms with Crippen molar-refractivity contribution in [2.24, 2.45) is 0 Å². The van der Waals surface area contributed by atoms with E-state index in [4.69, 9.17) is 19.3 Å². The molecule has 0 spiro atoms. The average Bonchev–Trinajstić information content (AvgIpc) is 2.49. The first-order chi connectivity index (χ1) is 10.4. The van der Waals surface area contributed by atoms with Gasteiger partial charge in [0.1, 0.15) is 36.6 Å². The SMILES string of the molecule is OC[C@H]1OC(O)[C@H](O)[C@@H](O)[C@@H]1O[C@H]1O[C@H](CO)[C@@H](O)C[C@H]1O. The summed E-state index contributed by atoms with van der Waals surface area (Å²) in [5.74, 6) is 0. The maximum absolute atomic E-state index is 9.94. The Morgan fingerprint density at radius 3 is 2.05 bits per heavy atom. The fourth-order valence-electron chi connectivity index (χ4n) is 2.54. The Labute approximate surface area is 126 Å². The van der Waals surface area contributed by atoms with E-state index in [1.54, 1.807) is 0 Å². The van der Waals surface area contributed by atoms with Gasteiger partial charge in [-0.05, 0) is 0 Å². The van der Waals surface area contributed by atoms with Crippen molar-refractivity contribution in [1.82, 2.24) is 0 Å². The number of hydrogen-bond donors (Lipinski definition) is 7. The Morgan fingerprint density at radius 1 is 0.818 bits per heavy atom. The van der Waals surface area contributed by atoms with E-state index in [1.807, 2.05) is 0 Å². The first-order valence-corrected chi connectivity index (χ1v) is 6.97. The van der Waals surface area contributed by atoms with Gasteiger partial charge >= 0.3 is 0 Å². The van der Waals surface area contributed by atoms with Gasteiger partial charge in [-0.2, -0.15) is 0 Å². The van der Waals surface area contributed by atoms with E-state index in [0.717, 1.165) is 0 Å². The molecule has 10 nitrogen and oxygen atoms in total. The Hall–Kier alpha value is -0.400. The molecule has 0 aromatic heterocycles. The van der Waals surface area contributed by atoms with Crippen LogP contribution in [0.3, 0.4) is 0 Å². The summed E-state index contributed by atoms with van der Waals surface area (Å²) in [6.07, 6.45) is -12.1. The molecule has 2 fully saturated rings. The summed E-state index contributed by atoms with van der Waals surface area (Å²) in [7, 11) is 0. The van der Waals surface area contributed by atoms with Gasteiger partial charge in [-0.15, -0.1) is 0 Å². The third-order valence-corrected chi connectivity index (χ3v) is 3.85. The Morgan fingerprint density at radius 2 is 1.45 bits per heavy atom. The molecule has 2 rings (SSSR count). The second kappa shape index (κ2) is 7.45. The van der Waals surface area contributed by atoms with Crippen LogP contribution in [0.25, 0.3) is 0 Å². The Balaban J connectivity index is 2.06. The molecule has 1 unspecified atom stereocenters. The highest BCUT2D eigenvalue weighted by Crippen LogP contribution is 2.28. The molecule has 2 saturated heterocycles. The van der Waals surface area contributed by atoms with Crippen molar-refractivity contribution in [2.45, 2.75) is 61.7 Å². The summed E-state index contributed by atoms with van der Waals surface area (Å²) in [6, 6.07) is 0. The van der Waals surface area contributed by atoms with Gasteiger partial charge in [0, 0.05) is 6.42 Å². The van der Waals surface area contributed by atoms with Crippen LogP contribution in [0.2, 0.25) is 0 Å². The largest absolute Gasteiger partial charge is 0.394 e. The van der Waals surface area contributed by atoms with Crippen LogP contribution in [0.15, 0.2) is 0 Å². The summed E-state index contributed by atoms with van der Waals surface area (Å²) in [6.45, 7) is -1.11. The van der Waals surface area contributed by atoms with E-state index in [9.17, 15) is 30.6 Å². The molecular formula is C12H22O10. The van der Waals surface area contributed by atoms with Crippen molar-refractivity contribution in [3.63, 3.8) is 0 Å². The van der Waals surface area contributed by atoms with Crippen LogP contribution in [0.4, 0.5) is 0 Å². The summed E-state index contributed by atoms with van der Waals surface area (Å²) in [5, 5.41) is 66.7. The molecular weight excluding hydrogens is 304 g/mol. The molecule has 2 heterocycles. The van der Waals surface area contributed by atoms with Gasteiger partial charge in [-0.1, -0.05) is 0 Å². The summed E-state index contributed by atoms with van der Waals surface area (Å²) in [4.78, 5) is 0. The first kappa shape index (κ1) is 17.9. The van der Waals surface area contributed by atoms with Gasteiger partial charge in [-0.25, -0.2) is 0 Å². The molecule has 0 amide bonds. The van der Waals surface area contributed by atoms with Crippen LogP contribution in [0.5, 0.6) is 0 Å². The van der Waals surface area contributed by atoms with Gasteiger partial charge in [0.05, 0.1) is 19.3 Å². The molecule has 7 N–H and O–H groups in total. The molecule has 130 valence electrons. The highest BCUT2D eigenvalue weighted by molar-refractivity contribution is 4.91. The zero-order valence-corrected chi connectivity index (χ0v) is 11.7. The lowest BCUT2D eigenvalue weighted by atomic mass is 9.98. The van der Waals surface area contributed by atoms with E-state index in [0.29, 0.717) is 0 Å². The van der Waals surface area contributed by atoms with Gasteiger partial charge in [0.2, 0.25) is 0 Å². The van der Waals surface area contributed by atoms with E-state index in [2.05, 4.69) is 0 Å². The number of hydrogen-bond acceptors (Lipinski definition) is 10. The van der Waals surface area contributed by atoms with E-state index in [-0.39, 0.29) is 6.42 Å². The molecule has 0 aliphatic carbocycles. The van der Waals surface area contributed by atoms with Crippen molar-refractivity contribution >= 4 is 0 Å². The van der Waals surface area contributed by atoms with E-state index >= 15 is 0 Å². The monoisotopic (exact) mass is 326 g/mol. The zero-order valence-electron chi connectivity index (χ0n) is 11.7. The van der Waals surface area contributed by atoms with Gasteiger partial charge in [0.25, 0.3) is 0 Å². The molecule has 0 saturated carbocycles. The minimum atomic E-state index is -1.68. The van der Waals surface area contributed by atoms with Crippen LogP contribution in [0.1, 0.15) is 6.42 Å². The minimum Gasteiger partial charge on any atom is -0.394 e. The Kier molecular flexibility index (Phi) is 6.07. The topological polar surface area (TPSA) is 169 Å². The average molecular weight is 326 g/mol. The van der Waals surface area contributed by atoms with Crippen LogP contribution in [-0.4, -0.2) is 104 Å². The lowest BCUT2D eigenvalue weighted by Crippen LogP contribution is -2.62. The summed E-state index contributed by atoms with van der Waals surface area (Å²) < 4.78 is 15.5. The van der Waals surface area contributed by atoms with Crippen LogP contribution < -0.4 is 0 Å². The standard InChI is InChI=1S/C12H22O10/c13-2-6-4(15)1-5(16)12(21-6)22-10-7(3-14)20-11(19)9(18)8(10)17/h4-19H,1-3H2/t4-,5+,6+,7+,8+,9+,10+,11?,12+/m0/s1. The van der Waals surface area contributed by atoms with Crippen molar-refractivity contribution in [3.8, 4) is 0 Å². The molecule has 0 aromatic rings. The number of aliphatic hydroxyl groups excluding tert-OH is 7. The van der Waals surface area contributed by atoms with Gasteiger partial charge in [0.15, 0.2) is 12.6 Å². The molecule has 2 aliphatic rings. The number of rotatable bonds is 4. The van der Waals surface area contributed by atoms with Gasteiger partial charge in [-0.3, -0.25) is 0 Å². The van der Waals surface area contributed by atoms with Crippen molar-refractivity contribution in [2.75, 3.05) is 13.2 Å². The smallest absolute Gasteiger partial charge is 0.184 e. The number of ether oxygens (including phenoxy) is 3. The third-order valence-electron chi connectivity index (χ3n) is 3.85. The molecule has 0 radical (unpaired) electrons. The van der Waals surface area contributed by atoms with Gasteiger partial charge < -0.3 is 50.0 Å². The summed E-state index contributed by atoms with van der Waals surface area (Å²) >= 11 is 0. The van der Waals surface area contributed by atoms with Crippen molar-refractivity contribution in [1.29, 1.82) is 0 Å². The normalized spacial score (nSPS) is 50.0. The highest BCUT2D eigenvalue weighted by Gasteiger charge is 2.47. The summed E-state index contributed by atoms with van der Waals surface area (Å²) in [5.41, 5.74) is 0. The predicted molar refractivity (Wildman–Crippen MR) is 67.2 cm³/mol. The lowest BCUT2D eigenvalue weighted by Gasteiger charge is -2.44. The Bertz CT molecular complexity index is 353. The molecule has 0 aromatic carbocycles. The second-order valence-corrected chi connectivity index (χ2v) is 5.43. The fraction of sp³-hybridized carbons (Fsp3) is 1.00. The molecule has 9 atom stereocenters. The molecule has 22 heavy (non-hydrogen) atoms. The van der Waals surface area contributed by atoms with Crippen LogP contribution in [-0.2, 0) is 14.2 Å². The van der Waals surface area contributed by atoms with Crippen LogP contribution in [0, 0.1) is 0 Å². The number of aliphatic hydroxyl groups is 7. The van der Waals surface area contributed by atoms with Crippen LogP contribution >= 0.6 is 0 Å². The highest BCUT2D eigenvalue weighted by atomic mass is 16.7. The minimum absolute atomic E-state index is 0.117. The van der Waals surface area contributed by atoms with E-state index in [1.165, 1.54) is 0 Å². The predicted octanol–water partition coefficient (Wildman–Crippen LogP) is -4.37. The fourth-order valence-corrected chi connectivity index (χ4v) is 2.54. The maximum atomic E-state index is 9.94. The third kappa shape index (κ3) is 3.57. The second-order valence-electron chi connectivity index (χ2n) is 5.43. The van der Waals surface area contributed by atoms with Crippen molar-refractivity contribution < 1.29 is 50.0 Å². The molecule has 2 aliphatic heterocycles. The molecule has 0 bridgehead atoms. The maximum Gasteiger partial charge on any atom is 0.184 e. The zero-order chi connectivity index (χ0) is 16.4. The van der Waals surface area contributed by atoms with E-state index < -0.39 is 68.5 Å². The molecule has 10 heteroatoms. The first-order valence-electron chi connectivity index (χ1n) is 6.97.